The van der Waals surface area contributed by atoms with E-state index >= 15 is 0 Å². The van der Waals surface area contributed by atoms with Gasteiger partial charge in [-0.3, -0.25) is 14.0 Å². The van der Waals surface area contributed by atoms with Crippen molar-refractivity contribution in [3.63, 3.8) is 0 Å². The average molecular weight is 231 g/mol. The molecule has 4 nitrogen and oxygen atoms in total. The first kappa shape index (κ1) is 9.61. The van der Waals surface area contributed by atoms with Gasteiger partial charge < -0.3 is 5.32 Å². The van der Waals surface area contributed by atoms with Gasteiger partial charge in [0, 0.05) is 18.4 Å². The van der Waals surface area contributed by atoms with Crippen molar-refractivity contribution in [1.29, 1.82) is 0 Å². The molecule has 6 heteroatoms. The highest BCUT2D eigenvalue weighted by Gasteiger charge is 2.21. The van der Waals surface area contributed by atoms with Crippen LogP contribution in [-0.4, -0.2) is 20.9 Å². The minimum Gasteiger partial charge on any atom is -0.324 e. The number of carbonyl (C=O) groups excluding carboxylic acids is 1. The molecule has 2 heterocycles. The molecule has 1 aliphatic rings. The number of nitrogens with zero attached hydrogens (tertiary/aromatic N) is 1. The molecular formula is C8H7ClN2O2S. The molecule has 0 fully saturated rings. The fraction of sp³-hybridized carbons (Fsp3) is 0.250. The van der Waals surface area contributed by atoms with Gasteiger partial charge in [0.2, 0.25) is 5.91 Å². The lowest BCUT2D eigenvalue weighted by Gasteiger charge is -2.05. The summed E-state index contributed by atoms with van der Waals surface area (Å²) in [7, 11) is -1.22. The van der Waals surface area contributed by atoms with Crippen LogP contribution in [-0.2, 0) is 15.6 Å². The zero-order valence-electron chi connectivity index (χ0n) is 7.12. The first-order valence-corrected chi connectivity index (χ1v) is 5.70. The van der Waals surface area contributed by atoms with Crippen molar-refractivity contribution in [2.75, 3.05) is 11.1 Å². The number of amides is 1. The molecule has 1 aliphatic heterocycles. The van der Waals surface area contributed by atoms with E-state index in [1.54, 1.807) is 0 Å². The maximum atomic E-state index is 11.7. The molecule has 2 rings (SSSR count). The lowest BCUT2D eigenvalue weighted by atomic mass is 10.4. The summed E-state index contributed by atoms with van der Waals surface area (Å²) >= 11 is 5.85. The van der Waals surface area contributed by atoms with Crippen LogP contribution in [0.15, 0.2) is 17.3 Å². The summed E-state index contributed by atoms with van der Waals surface area (Å²) in [6.45, 7) is 0. The Morgan fingerprint density at radius 3 is 3.07 bits per heavy atom. The van der Waals surface area contributed by atoms with Crippen molar-refractivity contribution in [3.8, 4) is 0 Å². The molecule has 1 unspecified atom stereocenters. The van der Waals surface area contributed by atoms with E-state index in [1.165, 1.54) is 12.4 Å². The second-order valence-electron chi connectivity index (χ2n) is 2.85. The summed E-state index contributed by atoms with van der Waals surface area (Å²) in [5.74, 6) is 0.156. The number of carbonyl (C=O) groups is 1. The monoisotopic (exact) mass is 230 g/mol. The smallest absolute Gasteiger partial charge is 0.225 e. The highest BCUT2D eigenvalue weighted by atomic mass is 35.5. The van der Waals surface area contributed by atoms with Crippen LogP contribution >= 0.6 is 11.6 Å². The van der Waals surface area contributed by atoms with E-state index in [-0.39, 0.29) is 12.3 Å². The first-order valence-electron chi connectivity index (χ1n) is 4.00. The van der Waals surface area contributed by atoms with Crippen molar-refractivity contribution in [2.24, 2.45) is 0 Å². The summed E-state index contributed by atoms with van der Waals surface area (Å²) < 4.78 is 11.7. The van der Waals surface area contributed by atoms with E-state index in [2.05, 4.69) is 10.3 Å². The lowest BCUT2D eigenvalue weighted by molar-refractivity contribution is -0.115. The zero-order valence-corrected chi connectivity index (χ0v) is 8.69. The second kappa shape index (κ2) is 3.67. The van der Waals surface area contributed by atoms with Crippen molar-refractivity contribution >= 4 is 34.0 Å². The van der Waals surface area contributed by atoms with Gasteiger partial charge in [-0.25, -0.2) is 0 Å². The molecule has 0 saturated heterocycles. The third-order valence-corrected chi connectivity index (χ3v) is 3.74. The molecule has 1 atom stereocenters. The molecule has 74 valence electrons. The van der Waals surface area contributed by atoms with Crippen LogP contribution in [0.3, 0.4) is 0 Å². The normalized spacial score (nSPS) is 20.9. The summed E-state index contributed by atoms with van der Waals surface area (Å²) in [5.41, 5.74) is 0.457. The van der Waals surface area contributed by atoms with Gasteiger partial charge in [-0.05, 0) is 0 Å². The molecule has 1 amide bonds. The number of fused-ring (bicyclic) bond motifs is 1. The van der Waals surface area contributed by atoms with E-state index in [9.17, 15) is 9.00 Å². The topological polar surface area (TPSA) is 59.1 Å². The van der Waals surface area contributed by atoms with Gasteiger partial charge >= 0.3 is 0 Å². The fourth-order valence-corrected chi connectivity index (χ4v) is 2.85. The SMILES string of the molecule is O=C1CCS(=O)c2c(Cl)cncc2N1. The van der Waals surface area contributed by atoms with Crippen LogP contribution in [0.25, 0.3) is 0 Å². The molecule has 0 spiro atoms. The molecule has 0 aromatic carbocycles. The van der Waals surface area contributed by atoms with Crippen molar-refractivity contribution in [3.05, 3.63) is 17.4 Å². The van der Waals surface area contributed by atoms with Crippen LogP contribution < -0.4 is 5.32 Å². The molecule has 1 N–H and O–H groups in total. The Bertz CT molecular complexity index is 422. The van der Waals surface area contributed by atoms with Gasteiger partial charge in [0.15, 0.2) is 0 Å². The molecule has 0 bridgehead atoms. The minimum absolute atomic E-state index is 0.152. The predicted octanol–water partition coefficient (Wildman–Crippen LogP) is 1.18. The number of halogens is 1. The van der Waals surface area contributed by atoms with Gasteiger partial charge in [-0.1, -0.05) is 11.6 Å². The van der Waals surface area contributed by atoms with Gasteiger partial charge in [-0.15, -0.1) is 0 Å². The number of rotatable bonds is 0. The zero-order chi connectivity index (χ0) is 10.1. The molecular weight excluding hydrogens is 224 g/mol. The maximum absolute atomic E-state index is 11.7. The van der Waals surface area contributed by atoms with Crippen molar-refractivity contribution in [1.82, 2.24) is 4.98 Å². The number of pyridine rings is 1. The Morgan fingerprint density at radius 1 is 1.50 bits per heavy atom. The van der Waals surface area contributed by atoms with Crippen LogP contribution in [0, 0.1) is 0 Å². The maximum Gasteiger partial charge on any atom is 0.225 e. The quantitative estimate of drug-likeness (QED) is 0.728. The lowest BCUT2D eigenvalue weighted by Crippen LogP contribution is -2.10. The third kappa shape index (κ3) is 1.65. The van der Waals surface area contributed by atoms with Crippen LogP contribution in [0.2, 0.25) is 5.02 Å². The minimum atomic E-state index is -1.22. The van der Waals surface area contributed by atoms with Crippen molar-refractivity contribution < 1.29 is 9.00 Å². The molecule has 0 aliphatic carbocycles. The third-order valence-electron chi connectivity index (χ3n) is 1.87. The average Bonchev–Trinajstić information content (AvgIpc) is 2.27. The first-order chi connectivity index (χ1) is 6.68. The molecule has 0 saturated carbocycles. The number of anilines is 1. The fourth-order valence-electron chi connectivity index (χ4n) is 1.24. The number of hydrogen-bond donors (Lipinski definition) is 1. The van der Waals surface area contributed by atoms with Crippen LogP contribution in [0.5, 0.6) is 0 Å². The van der Waals surface area contributed by atoms with Crippen LogP contribution in [0.1, 0.15) is 6.42 Å². The highest BCUT2D eigenvalue weighted by Crippen LogP contribution is 2.28. The van der Waals surface area contributed by atoms with Crippen molar-refractivity contribution in [2.45, 2.75) is 11.3 Å². The molecule has 14 heavy (non-hydrogen) atoms. The van der Waals surface area contributed by atoms with Crippen LogP contribution in [0.4, 0.5) is 5.69 Å². The summed E-state index contributed by atoms with van der Waals surface area (Å²) in [5, 5.41) is 2.95. The van der Waals surface area contributed by atoms with E-state index in [0.29, 0.717) is 21.4 Å². The van der Waals surface area contributed by atoms with Gasteiger partial charge in [0.05, 0.1) is 32.6 Å². The Morgan fingerprint density at radius 2 is 2.29 bits per heavy atom. The summed E-state index contributed by atoms with van der Waals surface area (Å²) in [6.07, 6.45) is 3.13. The van der Waals surface area contributed by atoms with E-state index in [4.69, 9.17) is 11.6 Å². The highest BCUT2D eigenvalue weighted by molar-refractivity contribution is 7.85. The number of aromatic nitrogens is 1. The second-order valence-corrected chi connectivity index (χ2v) is 4.76. The molecule has 1 aromatic heterocycles. The Balaban J connectivity index is 2.57. The number of nitrogens with one attached hydrogen (secondary N) is 1. The summed E-state index contributed by atoms with van der Waals surface area (Å²) in [6, 6.07) is 0. The predicted molar refractivity (Wildman–Crippen MR) is 53.8 cm³/mol. The van der Waals surface area contributed by atoms with E-state index in [1.807, 2.05) is 0 Å². The summed E-state index contributed by atoms with van der Waals surface area (Å²) in [4.78, 5) is 15.5. The number of hydrogen-bond acceptors (Lipinski definition) is 3. The van der Waals surface area contributed by atoms with Gasteiger partial charge in [0.25, 0.3) is 0 Å². The molecule has 1 aromatic rings. The Kier molecular flexibility index (Phi) is 2.52. The Hall–Kier alpha value is -0.940. The van der Waals surface area contributed by atoms with Gasteiger partial charge in [-0.2, -0.15) is 0 Å². The van der Waals surface area contributed by atoms with E-state index in [0.717, 1.165) is 0 Å². The largest absolute Gasteiger partial charge is 0.324 e. The Labute approximate surface area is 88.1 Å². The molecule has 0 radical (unpaired) electrons. The van der Waals surface area contributed by atoms with E-state index < -0.39 is 10.8 Å². The standard InChI is InChI=1S/C8H7ClN2O2S/c9-5-3-10-4-6-8(5)14(13)2-1-7(12)11-6/h3-4H,1-2H2,(H,11,12). The van der Waals surface area contributed by atoms with Gasteiger partial charge in [0.1, 0.15) is 0 Å².